The normalized spacial score (nSPS) is 13.2. The Hall–Kier alpha value is -2.15. The fourth-order valence-electron chi connectivity index (χ4n) is 1.71. The van der Waals surface area contributed by atoms with E-state index >= 15 is 0 Å². The van der Waals surface area contributed by atoms with Crippen LogP contribution in [0.4, 0.5) is 0 Å². The van der Waals surface area contributed by atoms with Crippen LogP contribution in [0.25, 0.3) is 6.08 Å². The third kappa shape index (κ3) is 3.70. The SMILES string of the molecule is C[C@H](N=C/C=C/c1ccccc1)c1ccccc1. The molecule has 1 nitrogen and oxygen atoms in total. The topological polar surface area (TPSA) is 12.4 Å². The Morgan fingerprint density at radius 1 is 0.889 bits per heavy atom. The monoisotopic (exact) mass is 235 g/mol. The summed E-state index contributed by atoms with van der Waals surface area (Å²) in [5.41, 5.74) is 2.43. The molecule has 0 aliphatic carbocycles. The van der Waals surface area contributed by atoms with Crippen LogP contribution in [-0.4, -0.2) is 6.21 Å². The van der Waals surface area contributed by atoms with E-state index in [1.807, 2.05) is 48.7 Å². The quantitative estimate of drug-likeness (QED) is 0.690. The predicted octanol–water partition coefficient (Wildman–Crippen LogP) is 4.53. The van der Waals surface area contributed by atoms with Crippen LogP contribution in [0.5, 0.6) is 0 Å². The van der Waals surface area contributed by atoms with Gasteiger partial charge in [-0.15, -0.1) is 0 Å². The zero-order chi connectivity index (χ0) is 12.6. The van der Waals surface area contributed by atoms with Crippen molar-refractivity contribution in [1.82, 2.24) is 0 Å². The molecule has 18 heavy (non-hydrogen) atoms. The molecule has 0 aliphatic heterocycles. The van der Waals surface area contributed by atoms with Crippen LogP contribution in [0.3, 0.4) is 0 Å². The highest BCUT2D eigenvalue weighted by atomic mass is 14.7. The van der Waals surface area contributed by atoms with Gasteiger partial charge in [0.1, 0.15) is 0 Å². The van der Waals surface area contributed by atoms with Gasteiger partial charge in [0.15, 0.2) is 0 Å². The number of nitrogens with zero attached hydrogens (tertiary/aromatic N) is 1. The Balaban J connectivity index is 1.94. The van der Waals surface area contributed by atoms with Crippen LogP contribution in [0.2, 0.25) is 0 Å². The Morgan fingerprint density at radius 2 is 1.50 bits per heavy atom. The Morgan fingerprint density at radius 3 is 2.17 bits per heavy atom. The fraction of sp³-hybridized carbons (Fsp3) is 0.118. The lowest BCUT2D eigenvalue weighted by molar-refractivity contribution is 0.826. The number of rotatable bonds is 4. The number of hydrogen-bond donors (Lipinski definition) is 0. The van der Waals surface area contributed by atoms with E-state index in [-0.39, 0.29) is 6.04 Å². The molecule has 2 aromatic rings. The molecule has 0 saturated heterocycles. The Kier molecular flexibility index (Phi) is 4.48. The molecule has 0 saturated carbocycles. The van der Waals surface area contributed by atoms with Crippen molar-refractivity contribution in [2.24, 2.45) is 4.99 Å². The van der Waals surface area contributed by atoms with Crippen LogP contribution in [0.1, 0.15) is 24.1 Å². The van der Waals surface area contributed by atoms with Crippen LogP contribution >= 0.6 is 0 Å². The van der Waals surface area contributed by atoms with Gasteiger partial charge in [0, 0.05) is 6.21 Å². The number of benzene rings is 2. The molecule has 0 unspecified atom stereocenters. The van der Waals surface area contributed by atoms with Gasteiger partial charge in [0.05, 0.1) is 6.04 Å². The number of hydrogen-bond acceptors (Lipinski definition) is 1. The first-order valence-corrected chi connectivity index (χ1v) is 6.16. The van der Waals surface area contributed by atoms with Gasteiger partial charge >= 0.3 is 0 Å². The molecular formula is C17H17N. The minimum absolute atomic E-state index is 0.201. The van der Waals surface area contributed by atoms with Gasteiger partial charge in [-0.1, -0.05) is 66.7 Å². The van der Waals surface area contributed by atoms with E-state index < -0.39 is 0 Å². The summed E-state index contributed by atoms with van der Waals surface area (Å²) in [6, 6.07) is 20.7. The summed E-state index contributed by atoms with van der Waals surface area (Å²) in [5.74, 6) is 0. The van der Waals surface area contributed by atoms with Crippen molar-refractivity contribution in [1.29, 1.82) is 0 Å². The predicted molar refractivity (Wildman–Crippen MR) is 78.8 cm³/mol. The molecule has 90 valence electrons. The van der Waals surface area contributed by atoms with Crippen LogP contribution in [-0.2, 0) is 0 Å². The van der Waals surface area contributed by atoms with Crippen molar-refractivity contribution in [2.75, 3.05) is 0 Å². The first-order valence-electron chi connectivity index (χ1n) is 6.16. The minimum atomic E-state index is 0.201. The molecule has 0 radical (unpaired) electrons. The summed E-state index contributed by atoms with van der Waals surface area (Å²) in [6.07, 6.45) is 5.90. The molecule has 0 N–H and O–H groups in total. The molecule has 0 heterocycles. The van der Waals surface area contributed by atoms with E-state index in [2.05, 4.69) is 42.3 Å². The van der Waals surface area contributed by atoms with Gasteiger partial charge in [-0.2, -0.15) is 0 Å². The average Bonchev–Trinajstić information content (AvgIpc) is 2.45. The summed E-state index contributed by atoms with van der Waals surface area (Å²) < 4.78 is 0. The van der Waals surface area contributed by atoms with Crippen LogP contribution in [0, 0.1) is 0 Å². The van der Waals surface area contributed by atoms with E-state index in [0.717, 1.165) is 0 Å². The maximum Gasteiger partial charge on any atom is 0.0720 e. The molecule has 1 atom stereocenters. The lowest BCUT2D eigenvalue weighted by Crippen LogP contribution is -1.88. The van der Waals surface area contributed by atoms with Crippen LogP contribution < -0.4 is 0 Å². The van der Waals surface area contributed by atoms with Crippen molar-refractivity contribution in [3.05, 3.63) is 77.9 Å². The second-order valence-electron chi connectivity index (χ2n) is 4.15. The lowest BCUT2D eigenvalue weighted by atomic mass is 10.1. The summed E-state index contributed by atoms with van der Waals surface area (Å²) in [5, 5.41) is 0. The molecule has 0 aliphatic rings. The van der Waals surface area contributed by atoms with Gasteiger partial charge in [0.2, 0.25) is 0 Å². The van der Waals surface area contributed by atoms with Crippen molar-refractivity contribution < 1.29 is 0 Å². The van der Waals surface area contributed by atoms with Gasteiger partial charge < -0.3 is 0 Å². The molecule has 0 fully saturated rings. The van der Waals surface area contributed by atoms with E-state index in [9.17, 15) is 0 Å². The van der Waals surface area contributed by atoms with Crippen molar-refractivity contribution >= 4 is 12.3 Å². The van der Waals surface area contributed by atoms with Gasteiger partial charge in [-0.3, -0.25) is 4.99 Å². The molecule has 0 aromatic heterocycles. The standard InChI is InChI=1S/C17H17N/c1-15(17-12-6-3-7-13-17)18-14-8-11-16-9-4-2-5-10-16/h2-15H,1H3/b11-8+,18-14?/t15-/m0/s1. The summed E-state index contributed by atoms with van der Waals surface area (Å²) >= 11 is 0. The maximum atomic E-state index is 4.50. The van der Waals surface area contributed by atoms with E-state index in [1.165, 1.54) is 11.1 Å². The number of allylic oxidation sites excluding steroid dienone is 1. The number of aliphatic imine (C=N–C) groups is 1. The van der Waals surface area contributed by atoms with Gasteiger partial charge in [0.25, 0.3) is 0 Å². The highest BCUT2D eigenvalue weighted by molar-refractivity contribution is 5.78. The highest BCUT2D eigenvalue weighted by Crippen LogP contribution is 2.14. The van der Waals surface area contributed by atoms with Crippen LogP contribution in [0.15, 0.2) is 71.7 Å². The lowest BCUT2D eigenvalue weighted by Gasteiger charge is -2.04. The zero-order valence-electron chi connectivity index (χ0n) is 10.5. The van der Waals surface area contributed by atoms with Gasteiger partial charge in [-0.25, -0.2) is 0 Å². The highest BCUT2D eigenvalue weighted by Gasteiger charge is 1.98. The second-order valence-corrected chi connectivity index (χ2v) is 4.15. The van der Waals surface area contributed by atoms with Crippen molar-refractivity contribution in [3.63, 3.8) is 0 Å². The molecule has 0 spiro atoms. The maximum absolute atomic E-state index is 4.50. The van der Waals surface area contributed by atoms with Gasteiger partial charge in [-0.05, 0) is 24.1 Å². The van der Waals surface area contributed by atoms with E-state index in [4.69, 9.17) is 0 Å². The molecule has 2 aromatic carbocycles. The molecule has 1 heteroatoms. The largest absolute Gasteiger partial charge is 0.285 e. The Labute approximate surface area is 109 Å². The fourth-order valence-corrected chi connectivity index (χ4v) is 1.71. The Bertz CT molecular complexity index is 512. The molecule has 2 rings (SSSR count). The summed E-state index contributed by atoms with van der Waals surface area (Å²) in [7, 11) is 0. The van der Waals surface area contributed by atoms with Crippen molar-refractivity contribution in [3.8, 4) is 0 Å². The molecule has 0 amide bonds. The first-order chi connectivity index (χ1) is 8.86. The first kappa shape index (κ1) is 12.3. The third-order valence-corrected chi connectivity index (χ3v) is 2.77. The minimum Gasteiger partial charge on any atom is -0.285 e. The summed E-state index contributed by atoms with van der Waals surface area (Å²) in [4.78, 5) is 4.50. The zero-order valence-corrected chi connectivity index (χ0v) is 10.5. The third-order valence-electron chi connectivity index (χ3n) is 2.77. The molecule has 0 bridgehead atoms. The second kappa shape index (κ2) is 6.55. The average molecular weight is 235 g/mol. The smallest absolute Gasteiger partial charge is 0.0720 e. The van der Waals surface area contributed by atoms with E-state index in [1.54, 1.807) is 0 Å². The van der Waals surface area contributed by atoms with E-state index in [0.29, 0.717) is 0 Å². The molecular weight excluding hydrogens is 218 g/mol. The van der Waals surface area contributed by atoms with Crippen molar-refractivity contribution in [2.45, 2.75) is 13.0 Å². The summed E-state index contributed by atoms with van der Waals surface area (Å²) in [6.45, 7) is 2.10.